The quantitative estimate of drug-likeness (QED) is 0.194. The third-order valence-electron chi connectivity index (χ3n) is 5.55. The predicted molar refractivity (Wildman–Crippen MR) is 117 cm³/mol. The Morgan fingerprint density at radius 3 is 2.38 bits per heavy atom. The summed E-state index contributed by atoms with van der Waals surface area (Å²) in [7, 11) is 0. The Hall–Kier alpha value is -3.14. The number of primary amides is 1. The minimum atomic E-state index is -1.29. The molecule has 1 fully saturated rings. The van der Waals surface area contributed by atoms with Gasteiger partial charge in [0.05, 0.1) is 13.2 Å². The summed E-state index contributed by atoms with van der Waals surface area (Å²) in [6.45, 7) is 1.97. The summed E-state index contributed by atoms with van der Waals surface area (Å²) in [6.07, 6.45) is 2.81. The summed E-state index contributed by atoms with van der Waals surface area (Å²) in [6, 6.07) is 5.04. The van der Waals surface area contributed by atoms with Crippen molar-refractivity contribution in [3.05, 3.63) is 29.8 Å². The van der Waals surface area contributed by atoms with Crippen LogP contribution in [0.4, 0.5) is 10.5 Å². The van der Waals surface area contributed by atoms with Crippen LogP contribution in [0.2, 0.25) is 0 Å². The van der Waals surface area contributed by atoms with E-state index in [2.05, 4.69) is 16.0 Å². The van der Waals surface area contributed by atoms with E-state index in [1.54, 1.807) is 31.2 Å². The molecule has 1 atom stereocenters. The van der Waals surface area contributed by atoms with Crippen molar-refractivity contribution in [2.75, 3.05) is 18.5 Å². The van der Waals surface area contributed by atoms with Crippen molar-refractivity contribution in [3.63, 3.8) is 0 Å². The van der Waals surface area contributed by atoms with Gasteiger partial charge in [-0.3, -0.25) is 14.4 Å². The van der Waals surface area contributed by atoms with Gasteiger partial charge in [0.2, 0.25) is 11.8 Å². The van der Waals surface area contributed by atoms with Crippen LogP contribution in [0.3, 0.4) is 0 Å². The molecule has 0 aromatic heterocycles. The Labute approximate surface area is 187 Å². The number of benzene rings is 1. The summed E-state index contributed by atoms with van der Waals surface area (Å²) in [5, 5.41) is 17.1. The van der Waals surface area contributed by atoms with Crippen molar-refractivity contribution in [2.45, 2.75) is 58.1 Å². The molecule has 6 N–H and O–H groups in total. The Kier molecular flexibility index (Phi) is 9.45. The molecule has 10 nitrogen and oxygen atoms in total. The molecule has 1 unspecified atom stereocenters. The number of nitrogens with two attached hydrogens (primary N) is 1. The Balaban J connectivity index is 2.13. The SMILES string of the molecule is CCOC(=O)C1(C(=O)NC(CCCNC(N)=O)C(=O)Nc2ccc(CO)cc2)CCCC1. The minimum absolute atomic E-state index is 0.115. The van der Waals surface area contributed by atoms with Gasteiger partial charge in [-0.15, -0.1) is 0 Å². The first-order valence-electron chi connectivity index (χ1n) is 10.8. The number of carbonyl (C=O) groups is 4. The lowest BCUT2D eigenvalue weighted by molar-refractivity contribution is -0.161. The van der Waals surface area contributed by atoms with E-state index in [1.807, 2.05) is 0 Å². The van der Waals surface area contributed by atoms with Crippen LogP contribution in [0.15, 0.2) is 24.3 Å². The average Bonchev–Trinajstić information content (AvgIpc) is 3.27. The summed E-state index contributed by atoms with van der Waals surface area (Å²) in [4.78, 5) is 49.6. The summed E-state index contributed by atoms with van der Waals surface area (Å²) in [5.74, 6) is -1.54. The molecule has 1 aromatic carbocycles. The Morgan fingerprint density at radius 2 is 1.81 bits per heavy atom. The second-order valence-electron chi connectivity index (χ2n) is 7.81. The first kappa shape index (κ1) is 25.1. The Bertz CT molecular complexity index is 805. The van der Waals surface area contributed by atoms with E-state index in [9.17, 15) is 19.2 Å². The number of rotatable bonds is 11. The number of anilines is 1. The van der Waals surface area contributed by atoms with Crippen molar-refractivity contribution < 1.29 is 29.0 Å². The van der Waals surface area contributed by atoms with Gasteiger partial charge in [-0.25, -0.2) is 4.79 Å². The van der Waals surface area contributed by atoms with Crippen molar-refractivity contribution in [2.24, 2.45) is 11.1 Å². The molecule has 1 aromatic rings. The van der Waals surface area contributed by atoms with E-state index in [1.165, 1.54) is 0 Å². The molecule has 0 radical (unpaired) electrons. The van der Waals surface area contributed by atoms with Gasteiger partial charge in [-0.1, -0.05) is 25.0 Å². The first-order valence-corrected chi connectivity index (χ1v) is 10.8. The van der Waals surface area contributed by atoms with E-state index in [-0.39, 0.29) is 26.2 Å². The van der Waals surface area contributed by atoms with Crippen LogP contribution in [0.25, 0.3) is 0 Å². The summed E-state index contributed by atoms with van der Waals surface area (Å²) in [5.41, 5.74) is 4.98. The van der Waals surface area contributed by atoms with Crippen LogP contribution in [-0.2, 0) is 25.7 Å². The number of esters is 1. The maximum atomic E-state index is 13.2. The van der Waals surface area contributed by atoms with Crippen LogP contribution < -0.4 is 21.7 Å². The maximum Gasteiger partial charge on any atom is 0.321 e. The fraction of sp³-hybridized carbons (Fsp3) is 0.545. The lowest BCUT2D eigenvalue weighted by Gasteiger charge is -2.28. The second-order valence-corrected chi connectivity index (χ2v) is 7.81. The number of amides is 4. The number of aliphatic hydroxyl groups excluding tert-OH is 1. The highest BCUT2D eigenvalue weighted by atomic mass is 16.5. The van der Waals surface area contributed by atoms with Gasteiger partial charge < -0.3 is 31.5 Å². The topological polar surface area (TPSA) is 160 Å². The third kappa shape index (κ3) is 6.68. The van der Waals surface area contributed by atoms with E-state index in [0.29, 0.717) is 30.5 Å². The van der Waals surface area contributed by atoms with Gasteiger partial charge in [-0.2, -0.15) is 0 Å². The smallest absolute Gasteiger partial charge is 0.321 e. The number of aliphatic hydroxyl groups is 1. The highest BCUT2D eigenvalue weighted by Gasteiger charge is 2.50. The summed E-state index contributed by atoms with van der Waals surface area (Å²) >= 11 is 0. The van der Waals surface area contributed by atoms with Gasteiger partial charge in [0, 0.05) is 12.2 Å². The molecule has 0 saturated heterocycles. The number of ether oxygens (including phenoxy) is 1. The molecule has 1 aliphatic rings. The minimum Gasteiger partial charge on any atom is -0.465 e. The molecule has 2 rings (SSSR count). The van der Waals surface area contributed by atoms with Gasteiger partial charge in [0.25, 0.3) is 0 Å². The third-order valence-corrected chi connectivity index (χ3v) is 5.55. The molecule has 0 spiro atoms. The van der Waals surface area contributed by atoms with Crippen LogP contribution in [0.1, 0.15) is 51.0 Å². The zero-order valence-electron chi connectivity index (χ0n) is 18.3. The zero-order valence-corrected chi connectivity index (χ0v) is 18.3. The molecule has 32 heavy (non-hydrogen) atoms. The normalized spacial score (nSPS) is 15.4. The van der Waals surface area contributed by atoms with Crippen LogP contribution in [0.5, 0.6) is 0 Å². The summed E-state index contributed by atoms with van der Waals surface area (Å²) < 4.78 is 5.15. The van der Waals surface area contributed by atoms with Crippen molar-refractivity contribution >= 4 is 29.5 Å². The number of carbonyl (C=O) groups excluding carboxylic acids is 4. The molecular formula is C22H32N4O6. The molecule has 176 valence electrons. The van der Waals surface area contributed by atoms with Crippen molar-refractivity contribution in [1.29, 1.82) is 0 Å². The van der Waals surface area contributed by atoms with E-state index in [4.69, 9.17) is 15.6 Å². The maximum absolute atomic E-state index is 13.2. The molecular weight excluding hydrogens is 416 g/mol. The van der Waals surface area contributed by atoms with Crippen molar-refractivity contribution in [1.82, 2.24) is 10.6 Å². The fourth-order valence-electron chi connectivity index (χ4n) is 3.78. The number of hydrogen-bond acceptors (Lipinski definition) is 6. The zero-order chi connectivity index (χ0) is 23.6. The highest BCUT2D eigenvalue weighted by molar-refractivity contribution is 6.05. The molecule has 1 saturated carbocycles. The van der Waals surface area contributed by atoms with Gasteiger partial charge in [0.1, 0.15) is 11.5 Å². The standard InChI is InChI=1S/C22H32N4O6/c1-2-32-20(30)22(11-3-4-12-22)19(29)26-17(6-5-13-24-21(23)31)18(28)25-16-9-7-15(14-27)8-10-16/h7-10,17,27H,2-6,11-14H2,1H3,(H,25,28)(H,26,29)(H3,23,24,31). The molecule has 0 heterocycles. The fourth-order valence-corrected chi connectivity index (χ4v) is 3.78. The van der Waals surface area contributed by atoms with E-state index in [0.717, 1.165) is 12.8 Å². The van der Waals surface area contributed by atoms with Crippen molar-refractivity contribution in [3.8, 4) is 0 Å². The molecule has 0 aliphatic heterocycles. The van der Waals surface area contributed by atoms with Crippen LogP contribution in [0, 0.1) is 5.41 Å². The van der Waals surface area contributed by atoms with Crippen LogP contribution >= 0.6 is 0 Å². The predicted octanol–water partition coefficient (Wildman–Crippen LogP) is 1.17. The molecule has 10 heteroatoms. The number of urea groups is 1. The van der Waals surface area contributed by atoms with Gasteiger partial charge in [0.15, 0.2) is 0 Å². The first-order chi connectivity index (χ1) is 15.3. The average molecular weight is 449 g/mol. The molecule has 4 amide bonds. The monoisotopic (exact) mass is 448 g/mol. The van der Waals surface area contributed by atoms with E-state index < -0.39 is 35.3 Å². The second kappa shape index (κ2) is 12.0. The Morgan fingerprint density at radius 1 is 1.16 bits per heavy atom. The highest BCUT2D eigenvalue weighted by Crippen LogP contribution is 2.39. The number of nitrogens with one attached hydrogen (secondary N) is 3. The van der Waals surface area contributed by atoms with Crippen LogP contribution in [-0.4, -0.2) is 48.1 Å². The van der Waals surface area contributed by atoms with Gasteiger partial charge in [-0.05, 0) is 50.3 Å². The lowest BCUT2D eigenvalue weighted by Crippen LogP contribution is -2.52. The molecule has 0 bridgehead atoms. The largest absolute Gasteiger partial charge is 0.465 e. The van der Waals surface area contributed by atoms with Gasteiger partial charge >= 0.3 is 12.0 Å². The molecule has 1 aliphatic carbocycles. The van der Waals surface area contributed by atoms with E-state index >= 15 is 0 Å². The number of hydrogen-bond donors (Lipinski definition) is 5. The lowest BCUT2D eigenvalue weighted by atomic mass is 9.84.